The molecule has 0 aromatic heterocycles. The topological polar surface area (TPSA) is 20.2 Å². The third-order valence-corrected chi connectivity index (χ3v) is 2.58. The fraction of sp³-hybridized carbons (Fsp3) is 0.462. The highest BCUT2D eigenvalue weighted by Gasteiger charge is 2.06. The van der Waals surface area contributed by atoms with Crippen molar-refractivity contribution >= 4 is 0 Å². The normalized spacial score (nSPS) is 12.9. The molecule has 0 saturated carbocycles. The summed E-state index contributed by atoms with van der Waals surface area (Å²) in [6, 6.07) is 6.52. The molecule has 0 amide bonds. The van der Waals surface area contributed by atoms with Crippen LogP contribution < -0.4 is 0 Å². The summed E-state index contributed by atoms with van der Waals surface area (Å²) in [6.45, 7) is 8.35. The fourth-order valence-electron chi connectivity index (χ4n) is 1.54. The van der Waals surface area contributed by atoms with E-state index in [-0.39, 0.29) is 12.5 Å². The van der Waals surface area contributed by atoms with Crippen LogP contribution in [0.25, 0.3) is 0 Å². The van der Waals surface area contributed by atoms with Gasteiger partial charge in [0.15, 0.2) is 0 Å². The first-order valence-corrected chi connectivity index (χ1v) is 5.27. The van der Waals surface area contributed by atoms with Crippen molar-refractivity contribution in [1.82, 2.24) is 0 Å². The zero-order valence-electron chi connectivity index (χ0n) is 9.09. The molecule has 0 saturated heterocycles. The Morgan fingerprint density at radius 1 is 1.14 bits per heavy atom. The average molecular weight is 191 g/mol. The van der Waals surface area contributed by atoms with Gasteiger partial charge in [0.25, 0.3) is 0 Å². The van der Waals surface area contributed by atoms with Gasteiger partial charge in [-0.1, -0.05) is 32.0 Å². The highest BCUT2D eigenvalue weighted by atomic mass is 16.3. The maximum Gasteiger partial charge on any atom is 0.0499 e. The van der Waals surface area contributed by atoms with Crippen molar-refractivity contribution in [2.75, 3.05) is 6.61 Å². The Morgan fingerprint density at radius 2 is 1.64 bits per heavy atom. The Bertz CT molecular complexity index is 269. The van der Waals surface area contributed by atoms with Gasteiger partial charge < -0.3 is 5.11 Å². The largest absolute Gasteiger partial charge is 0.396 e. The smallest absolute Gasteiger partial charge is 0.0499 e. The van der Waals surface area contributed by atoms with Crippen LogP contribution in [0.4, 0.5) is 0 Å². The lowest BCUT2D eigenvalue weighted by molar-refractivity contribution is 0.282. The third kappa shape index (κ3) is 2.58. The number of rotatable bonds is 4. The van der Waals surface area contributed by atoms with E-state index < -0.39 is 0 Å². The van der Waals surface area contributed by atoms with Crippen molar-refractivity contribution in [3.8, 4) is 0 Å². The van der Waals surface area contributed by atoms with Gasteiger partial charge in [-0.3, -0.25) is 0 Å². The minimum absolute atomic E-state index is 0.00630. The Balaban J connectivity index is 3.04. The molecule has 1 atom stereocenters. The lowest BCUT2D eigenvalue weighted by atomic mass is 9.95. The lowest BCUT2D eigenvalue weighted by Gasteiger charge is -2.12. The first-order valence-electron chi connectivity index (χ1n) is 5.27. The van der Waals surface area contributed by atoms with Crippen LogP contribution in [0.5, 0.6) is 0 Å². The van der Waals surface area contributed by atoms with Crippen LogP contribution in [0, 0.1) is 6.92 Å². The first-order chi connectivity index (χ1) is 6.71. The number of hydrogen-bond acceptors (Lipinski definition) is 1. The second-order valence-electron chi connectivity index (χ2n) is 3.67. The predicted molar refractivity (Wildman–Crippen MR) is 60.4 cm³/mol. The molecule has 14 heavy (non-hydrogen) atoms. The van der Waals surface area contributed by atoms with E-state index in [2.05, 4.69) is 39.0 Å². The molecule has 1 N–H and O–H groups in total. The zero-order valence-corrected chi connectivity index (χ0v) is 9.09. The summed E-state index contributed by atoms with van der Waals surface area (Å²) in [6.07, 6.45) is 2.08. The van der Waals surface area contributed by atoms with Gasteiger partial charge >= 0.3 is 0 Å². The summed E-state index contributed by atoms with van der Waals surface area (Å²) in [7, 11) is 0. The second kappa shape index (κ2) is 5.16. The molecule has 0 aliphatic heterocycles. The highest BCUT2D eigenvalue weighted by Crippen LogP contribution is 2.19. The molecular weight excluding hydrogens is 172 g/mol. The minimum atomic E-state index is 0.00630. The molecule has 1 unspecified atom stereocenters. The van der Waals surface area contributed by atoms with Gasteiger partial charge in [0, 0.05) is 12.5 Å². The standard InChI is InChI=1S/C13H19O/c1-4-11-6-12(5-2)8-13(7-11)10(3)9-14/h6-8,10,14H,3-5,9H2,1-2H3. The van der Waals surface area contributed by atoms with Crippen molar-refractivity contribution in [3.05, 3.63) is 41.8 Å². The van der Waals surface area contributed by atoms with Gasteiger partial charge in [-0.2, -0.15) is 0 Å². The number of aliphatic hydroxyl groups excluding tert-OH is 1. The summed E-state index contributed by atoms with van der Waals surface area (Å²) in [5.74, 6) is 0.00630. The second-order valence-corrected chi connectivity index (χ2v) is 3.67. The molecular formula is C13H19O. The summed E-state index contributed by atoms with van der Waals surface area (Å²) >= 11 is 0. The van der Waals surface area contributed by atoms with Crippen LogP contribution in [-0.2, 0) is 12.8 Å². The Kier molecular flexibility index (Phi) is 4.15. The molecule has 1 radical (unpaired) electrons. The third-order valence-electron chi connectivity index (χ3n) is 2.58. The molecule has 1 nitrogen and oxygen atoms in total. The van der Waals surface area contributed by atoms with Crippen molar-refractivity contribution in [2.24, 2.45) is 0 Å². The predicted octanol–water partition coefficient (Wildman–Crippen LogP) is 2.72. The molecule has 0 aliphatic rings. The van der Waals surface area contributed by atoms with Gasteiger partial charge in [0.2, 0.25) is 0 Å². The Labute approximate surface area is 86.8 Å². The van der Waals surface area contributed by atoms with E-state index in [1.165, 1.54) is 11.1 Å². The van der Waals surface area contributed by atoms with Gasteiger partial charge in [0.05, 0.1) is 0 Å². The molecule has 0 spiro atoms. The lowest BCUT2D eigenvalue weighted by Crippen LogP contribution is -2.01. The highest BCUT2D eigenvalue weighted by molar-refractivity contribution is 5.33. The average Bonchev–Trinajstić information content (AvgIpc) is 2.27. The van der Waals surface area contributed by atoms with E-state index in [0.717, 1.165) is 18.4 Å². The van der Waals surface area contributed by atoms with E-state index in [1.807, 2.05) is 0 Å². The van der Waals surface area contributed by atoms with E-state index in [9.17, 15) is 0 Å². The number of aliphatic hydroxyl groups is 1. The maximum absolute atomic E-state index is 9.05. The summed E-state index contributed by atoms with van der Waals surface area (Å²) in [5.41, 5.74) is 3.83. The molecule has 1 rings (SSSR count). The quantitative estimate of drug-likeness (QED) is 0.776. The van der Waals surface area contributed by atoms with Crippen LogP contribution in [-0.4, -0.2) is 11.7 Å². The molecule has 0 fully saturated rings. The molecule has 0 heterocycles. The van der Waals surface area contributed by atoms with E-state index in [4.69, 9.17) is 5.11 Å². The minimum Gasteiger partial charge on any atom is -0.396 e. The van der Waals surface area contributed by atoms with E-state index >= 15 is 0 Å². The van der Waals surface area contributed by atoms with Crippen molar-refractivity contribution in [1.29, 1.82) is 0 Å². The fourth-order valence-corrected chi connectivity index (χ4v) is 1.54. The Morgan fingerprint density at radius 3 is 2.00 bits per heavy atom. The van der Waals surface area contributed by atoms with E-state index in [0.29, 0.717) is 0 Å². The van der Waals surface area contributed by atoms with Crippen molar-refractivity contribution in [3.63, 3.8) is 0 Å². The molecule has 1 aromatic rings. The summed E-state index contributed by atoms with van der Waals surface area (Å²) in [4.78, 5) is 0. The van der Waals surface area contributed by atoms with Crippen LogP contribution in [0.15, 0.2) is 18.2 Å². The number of hydrogen-bond donors (Lipinski definition) is 1. The molecule has 1 heteroatoms. The van der Waals surface area contributed by atoms with Crippen LogP contribution in [0.2, 0.25) is 0 Å². The molecule has 0 aliphatic carbocycles. The Hall–Kier alpha value is -0.820. The maximum atomic E-state index is 9.05. The van der Waals surface area contributed by atoms with E-state index in [1.54, 1.807) is 0 Å². The van der Waals surface area contributed by atoms with Crippen LogP contribution >= 0.6 is 0 Å². The van der Waals surface area contributed by atoms with Crippen molar-refractivity contribution < 1.29 is 5.11 Å². The van der Waals surface area contributed by atoms with Crippen molar-refractivity contribution in [2.45, 2.75) is 32.6 Å². The zero-order chi connectivity index (χ0) is 10.6. The number of benzene rings is 1. The van der Waals surface area contributed by atoms with Crippen LogP contribution in [0.3, 0.4) is 0 Å². The van der Waals surface area contributed by atoms with Gasteiger partial charge in [-0.15, -0.1) is 0 Å². The molecule has 1 aromatic carbocycles. The molecule has 0 bridgehead atoms. The summed E-state index contributed by atoms with van der Waals surface area (Å²) in [5, 5.41) is 9.05. The van der Waals surface area contributed by atoms with Gasteiger partial charge in [0.1, 0.15) is 0 Å². The molecule has 77 valence electrons. The summed E-state index contributed by atoms with van der Waals surface area (Å²) < 4.78 is 0. The monoisotopic (exact) mass is 191 g/mol. The van der Waals surface area contributed by atoms with Gasteiger partial charge in [-0.25, -0.2) is 0 Å². The van der Waals surface area contributed by atoms with Crippen LogP contribution in [0.1, 0.15) is 36.5 Å². The van der Waals surface area contributed by atoms with Gasteiger partial charge in [-0.05, 0) is 36.5 Å². The first kappa shape index (κ1) is 11.3. The number of aryl methyl sites for hydroxylation is 2. The SMILES string of the molecule is [CH2]C(CO)c1cc(CC)cc(CC)c1.